The van der Waals surface area contributed by atoms with Crippen molar-refractivity contribution in [1.29, 1.82) is 0 Å². The highest BCUT2D eigenvalue weighted by atomic mass is 16.2. The number of piperidine rings is 1. The van der Waals surface area contributed by atoms with Gasteiger partial charge in [0, 0.05) is 38.5 Å². The lowest BCUT2D eigenvalue weighted by atomic mass is 9.95. The number of carbonyl (C=O) groups excluding carboxylic acids is 1. The molecule has 0 atom stereocenters. The van der Waals surface area contributed by atoms with Crippen molar-refractivity contribution < 1.29 is 4.79 Å². The van der Waals surface area contributed by atoms with E-state index >= 15 is 0 Å². The van der Waals surface area contributed by atoms with Gasteiger partial charge in [-0.25, -0.2) is 9.48 Å². The van der Waals surface area contributed by atoms with E-state index in [0.29, 0.717) is 24.3 Å². The van der Waals surface area contributed by atoms with E-state index in [1.165, 1.54) is 17.5 Å². The second kappa shape index (κ2) is 7.11. The van der Waals surface area contributed by atoms with Gasteiger partial charge in [0.15, 0.2) is 0 Å². The molecule has 0 spiro atoms. The zero-order chi connectivity index (χ0) is 17.3. The SMILES string of the molecule is CC(C)CC(=O)N1CCC(c2nn(C)c(=O)n2C2CCCC2)CC1. The van der Waals surface area contributed by atoms with E-state index in [1.54, 1.807) is 7.05 Å². The van der Waals surface area contributed by atoms with Crippen molar-refractivity contribution in [2.75, 3.05) is 13.1 Å². The number of likely N-dealkylation sites (tertiary alicyclic amines) is 1. The molecule has 134 valence electrons. The number of aryl methyl sites for hydroxylation is 1. The number of rotatable bonds is 4. The molecule has 1 aromatic rings. The Balaban J connectivity index is 1.72. The Morgan fingerprint density at radius 1 is 1.17 bits per heavy atom. The van der Waals surface area contributed by atoms with Crippen LogP contribution in [0.5, 0.6) is 0 Å². The topological polar surface area (TPSA) is 60.1 Å². The Kier molecular flexibility index (Phi) is 5.11. The molecule has 0 bridgehead atoms. The number of hydrogen-bond acceptors (Lipinski definition) is 3. The Hall–Kier alpha value is -1.59. The highest BCUT2D eigenvalue weighted by Crippen LogP contribution is 2.33. The van der Waals surface area contributed by atoms with Gasteiger partial charge < -0.3 is 4.90 Å². The fraction of sp³-hybridized carbons (Fsp3) is 0.833. The van der Waals surface area contributed by atoms with Crippen LogP contribution >= 0.6 is 0 Å². The van der Waals surface area contributed by atoms with Crippen molar-refractivity contribution >= 4 is 5.91 Å². The molecule has 1 saturated carbocycles. The standard InChI is InChI=1S/C18H30N4O2/c1-13(2)12-16(23)21-10-8-14(9-11-21)17-19-20(3)18(24)22(17)15-6-4-5-7-15/h13-15H,4-12H2,1-3H3. The van der Waals surface area contributed by atoms with Crippen LogP contribution in [0.2, 0.25) is 0 Å². The molecule has 3 rings (SSSR count). The number of aromatic nitrogens is 3. The molecule has 2 heterocycles. The van der Waals surface area contributed by atoms with E-state index in [-0.39, 0.29) is 11.6 Å². The van der Waals surface area contributed by atoms with Crippen molar-refractivity contribution in [2.45, 2.75) is 70.8 Å². The van der Waals surface area contributed by atoms with Gasteiger partial charge in [0.2, 0.25) is 5.91 Å². The second-order valence-electron chi connectivity index (χ2n) is 7.83. The maximum atomic E-state index is 12.5. The minimum absolute atomic E-state index is 0.0233. The van der Waals surface area contributed by atoms with Crippen molar-refractivity contribution in [3.05, 3.63) is 16.3 Å². The summed E-state index contributed by atoms with van der Waals surface area (Å²) in [6.07, 6.45) is 7.02. The lowest BCUT2D eigenvalue weighted by Crippen LogP contribution is -2.39. The van der Waals surface area contributed by atoms with Crippen molar-refractivity contribution in [2.24, 2.45) is 13.0 Å². The van der Waals surface area contributed by atoms with Gasteiger partial charge in [-0.15, -0.1) is 0 Å². The molecule has 6 nitrogen and oxygen atoms in total. The third-order valence-electron chi connectivity index (χ3n) is 5.47. The van der Waals surface area contributed by atoms with Crippen molar-refractivity contribution in [1.82, 2.24) is 19.2 Å². The molecule has 1 amide bonds. The number of nitrogens with zero attached hydrogens (tertiary/aromatic N) is 4. The van der Waals surface area contributed by atoms with Gasteiger partial charge in [-0.2, -0.15) is 5.10 Å². The predicted molar refractivity (Wildman–Crippen MR) is 93.0 cm³/mol. The fourth-order valence-corrected chi connectivity index (χ4v) is 4.15. The smallest absolute Gasteiger partial charge is 0.343 e. The highest BCUT2D eigenvalue weighted by molar-refractivity contribution is 5.76. The summed E-state index contributed by atoms with van der Waals surface area (Å²) in [5.41, 5.74) is 0.0233. The van der Waals surface area contributed by atoms with E-state index < -0.39 is 0 Å². The van der Waals surface area contributed by atoms with E-state index in [9.17, 15) is 9.59 Å². The summed E-state index contributed by atoms with van der Waals surface area (Å²) in [6, 6.07) is 0.321. The summed E-state index contributed by atoms with van der Waals surface area (Å²) in [6.45, 7) is 5.73. The molecule has 0 N–H and O–H groups in total. The number of hydrogen-bond donors (Lipinski definition) is 0. The van der Waals surface area contributed by atoms with Crippen LogP contribution in [0.4, 0.5) is 0 Å². The molecule has 2 fully saturated rings. The Morgan fingerprint density at radius 3 is 2.38 bits per heavy atom. The summed E-state index contributed by atoms with van der Waals surface area (Å²) in [5, 5.41) is 4.56. The molecule has 1 aliphatic heterocycles. The van der Waals surface area contributed by atoms with Gasteiger partial charge in [-0.1, -0.05) is 26.7 Å². The first-order valence-electron chi connectivity index (χ1n) is 9.40. The molecular weight excluding hydrogens is 304 g/mol. The lowest BCUT2D eigenvalue weighted by Gasteiger charge is -2.32. The molecule has 0 unspecified atom stereocenters. The largest absolute Gasteiger partial charge is 0.345 e. The molecule has 1 saturated heterocycles. The minimum Gasteiger partial charge on any atom is -0.343 e. The van der Waals surface area contributed by atoms with Gasteiger partial charge in [0.1, 0.15) is 5.82 Å². The quantitative estimate of drug-likeness (QED) is 0.850. The average molecular weight is 334 g/mol. The Bertz CT molecular complexity index is 632. The van der Waals surface area contributed by atoms with Crippen molar-refractivity contribution in [3.63, 3.8) is 0 Å². The zero-order valence-electron chi connectivity index (χ0n) is 15.2. The Morgan fingerprint density at radius 2 is 1.79 bits per heavy atom. The van der Waals surface area contributed by atoms with Crippen LogP contribution in [-0.4, -0.2) is 38.2 Å². The third-order valence-corrected chi connectivity index (χ3v) is 5.47. The molecule has 0 aromatic carbocycles. The highest BCUT2D eigenvalue weighted by Gasteiger charge is 2.31. The van der Waals surface area contributed by atoms with Crippen LogP contribution in [0, 0.1) is 5.92 Å². The van der Waals surface area contributed by atoms with Crippen LogP contribution in [0.1, 0.15) is 76.6 Å². The normalized spacial score (nSPS) is 20.2. The summed E-state index contributed by atoms with van der Waals surface area (Å²) in [4.78, 5) is 26.7. The first-order valence-corrected chi connectivity index (χ1v) is 9.40. The van der Waals surface area contributed by atoms with E-state index in [2.05, 4.69) is 18.9 Å². The first-order chi connectivity index (χ1) is 11.5. The van der Waals surface area contributed by atoms with Gasteiger partial charge in [-0.05, 0) is 31.6 Å². The molecule has 24 heavy (non-hydrogen) atoms. The summed E-state index contributed by atoms with van der Waals surface area (Å²) in [5.74, 6) is 1.91. The summed E-state index contributed by atoms with van der Waals surface area (Å²) >= 11 is 0. The van der Waals surface area contributed by atoms with E-state index in [1.807, 2.05) is 9.47 Å². The van der Waals surface area contributed by atoms with Gasteiger partial charge in [-0.3, -0.25) is 9.36 Å². The van der Waals surface area contributed by atoms with Crippen LogP contribution in [-0.2, 0) is 11.8 Å². The van der Waals surface area contributed by atoms with Crippen LogP contribution in [0.15, 0.2) is 4.79 Å². The van der Waals surface area contributed by atoms with Crippen LogP contribution < -0.4 is 5.69 Å². The molecular formula is C18H30N4O2. The van der Waals surface area contributed by atoms with Crippen LogP contribution in [0.25, 0.3) is 0 Å². The fourth-order valence-electron chi connectivity index (χ4n) is 4.15. The van der Waals surface area contributed by atoms with Crippen LogP contribution in [0.3, 0.4) is 0 Å². The monoisotopic (exact) mass is 334 g/mol. The van der Waals surface area contributed by atoms with Gasteiger partial charge in [0.05, 0.1) is 0 Å². The lowest BCUT2D eigenvalue weighted by molar-refractivity contribution is -0.133. The first kappa shape index (κ1) is 17.2. The van der Waals surface area contributed by atoms with E-state index in [4.69, 9.17) is 0 Å². The van der Waals surface area contributed by atoms with Crippen molar-refractivity contribution in [3.8, 4) is 0 Å². The number of amides is 1. The van der Waals surface area contributed by atoms with E-state index in [0.717, 1.165) is 44.6 Å². The maximum Gasteiger partial charge on any atom is 0.345 e. The van der Waals surface area contributed by atoms with Gasteiger partial charge >= 0.3 is 5.69 Å². The third kappa shape index (κ3) is 3.42. The second-order valence-corrected chi connectivity index (χ2v) is 7.83. The maximum absolute atomic E-state index is 12.5. The molecule has 6 heteroatoms. The molecule has 2 aliphatic rings. The molecule has 0 radical (unpaired) electrons. The predicted octanol–water partition coefficient (Wildman–Crippen LogP) is 2.45. The minimum atomic E-state index is 0.0233. The summed E-state index contributed by atoms with van der Waals surface area (Å²) in [7, 11) is 1.75. The molecule has 1 aliphatic carbocycles. The average Bonchev–Trinajstić information content (AvgIpc) is 3.16. The van der Waals surface area contributed by atoms with Gasteiger partial charge in [0.25, 0.3) is 0 Å². The molecule has 1 aromatic heterocycles. The summed E-state index contributed by atoms with van der Waals surface area (Å²) < 4.78 is 3.45. The zero-order valence-corrected chi connectivity index (χ0v) is 15.2. The number of carbonyl (C=O) groups is 1. The Labute approximate surface area is 143 Å².